The van der Waals surface area contributed by atoms with Crippen LogP contribution in [0, 0.1) is 5.92 Å². The third kappa shape index (κ3) is 3.31. The Labute approximate surface area is 110 Å². The van der Waals surface area contributed by atoms with E-state index in [0.717, 1.165) is 26.1 Å². The second kappa shape index (κ2) is 5.39. The SMILES string of the molecule is CC(C)(O)C1CN(Cc2ccccc2)CCC1N. The van der Waals surface area contributed by atoms with Crippen molar-refractivity contribution in [3.8, 4) is 0 Å². The fraction of sp³-hybridized carbons (Fsp3) is 0.600. The van der Waals surface area contributed by atoms with Crippen LogP contribution in [0.4, 0.5) is 0 Å². The number of nitrogens with two attached hydrogens (primary N) is 1. The summed E-state index contributed by atoms with van der Waals surface area (Å²) >= 11 is 0. The average Bonchev–Trinajstić information content (AvgIpc) is 2.31. The summed E-state index contributed by atoms with van der Waals surface area (Å²) in [5.74, 6) is 0.148. The standard InChI is InChI=1S/C15H24N2O/c1-15(2,18)13-11-17(9-8-14(13)16)10-12-6-4-3-5-7-12/h3-7,13-14,18H,8-11,16H2,1-2H3. The Bertz CT molecular complexity index is 372. The van der Waals surface area contributed by atoms with Crippen LogP contribution in [-0.4, -0.2) is 34.7 Å². The van der Waals surface area contributed by atoms with Gasteiger partial charge in [-0.15, -0.1) is 0 Å². The lowest BCUT2D eigenvalue weighted by atomic mass is 9.80. The van der Waals surface area contributed by atoms with Gasteiger partial charge < -0.3 is 10.8 Å². The van der Waals surface area contributed by atoms with E-state index in [0.29, 0.717) is 0 Å². The number of hydrogen-bond acceptors (Lipinski definition) is 3. The van der Waals surface area contributed by atoms with Crippen molar-refractivity contribution >= 4 is 0 Å². The molecule has 1 aliphatic rings. The van der Waals surface area contributed by atoms with Gasteiger partial charge in [0.05, 0.1) is 5.60 Å². The summed E-state index contributed by atoms with van der Waals surface area (Å²) in [6.07, 6.45) is 0.960. The van der Waals surface area contributed by atoms with Crippen LogP contribution in [0.1, 0.15) is 25.8 Å². The highest BCUT2D eigenvalue weighted by Crippen LogP contribution is 2.26. The van der Waals surface area contributed by atoms with E-state index in [4.69, 9.17) is 5.73 Å². The van der Waals surface area contributed by atoms with Gasteiger partial charge >= 0.3 is 0 Å². The first-order chi connectivity index (χ1) is 8.47. The van der Waals surface area contributed by atoms with Gasteiger partial charge in [0.25, 0.3) is 0 Å². The van der Waals surface area contributed by atoms with Crippen LogP contribution in [0.25, 0.3) is 0 Å². The zero-order valence-corrected chi connectivity index (χ0v) is 11.3. The van der Waals surface area contributed by atoms with E-state index in [1.165, 1.54) is 5.56 Å². The van der Waals surface area contributed by atoms with Crippen LogP contribution in [0.5, 0.6) is 0 Å². The van der Waals surface area contributed by atoms with Gasteiger partial charge in [0.15, 0.2) is 0 Å². The van der Waals surface area contributed by atoms with Crippen LogP contribution in [0.15, 0.2) is 30.3 Å². The molecule has 18 heavy (non-hydrogen) atoms. The van der Waals surface area contributed by atoms with Crippen LogP contribution in [-0.2, 0) is 6.54 Å². The van der Waals surface area contributed by atoms with E-state index in [9.17, 15) is 5.11 Å². The molecule has 0 amide bonds. The predicted molar refractivity (Wildman–Crippen MR) is 74.1 cm³/mol. The Morgan fingerprint density at radius 2 is 2.00 bits per heavy atom. The second-order valence-electron chi connectivity index (χ2n) is 5.93. The van der Waals surface area contributed by atoms with Crippen LogP contribution >= 0.6 is 0 Å². The van der Waals surface area contributed by atoms with Gasteiger partial charge in [0.2, 0.25) is 0 Å². The van der Waals surface area contributed by atoms with Gasteiger partial charge in [0.1, 0.15) is 0 Å². The van der Waals surface area contributed by atoms with E-state index in [1.807, 2.05) is 19.9 Å². The normalized spacial score (nSPS) is 26.2. The molecular formula is C15H24N2O. The number of nitrogens with zero attached hydrogens (tertiary/aromatic N) is 1. The van der Waals surface area contributed by atoms with Crippen molar-refractivity contribution in [3.63, 3.8) is 0 Å². The molecule has 2 rings (SSSR count). The maximum Gasteiger partial charge on any atom is 0.0646 e. The molecule has 1 aromatic rings. The molecule has 1 fully saturated rings. The number of aliphatic hydroxyl groups is 1. The molecule has 1 aromatic carbocycles. The van der Waals surface area contributed by atoms with Gasteiger partial charge in [0, 0.05) is 25.0 Å². The molecule has 1 aliphatic heterocycles. The first-order valence-electron chi connectivity index (χ1n) is 6.71. The van der Waals surface area contributed by atoms with E-state index in [2.05, 4.69) is 29.2 Å². The Morgan fingerprint density at radius 1 is 1.33 bits per heavy atom. The minimum absolute atomic E-state index is 0.108. The number of piperidine rings is 1. The molecule has 0 aromatic heterocycles. The third-order valence-electron chi connectivity index (χ3n) is 3.91. The van der Waals surface area contributed by atoms with Crippen molar-refractivity contribution in [1.29, 1.82) is 0 Å². The minimum atomic E-state index is -0.700. The van der Waals surface area contributed by atoms with Crippen molar-refractivity contribution < 1.29 is 5.11 Å². The molecule has 0 bridgehead atoms. The molecule has 1 heterocycles. The van der Waals surface area contributed by atoms with E-state index in [-0.39, 0.29) is 12.0 Å². The topological polar surface area (TPSA) is 49.5 Å². The molecule has 3 heteroatoms. The minimum Gasteiger partial charge on any atom is -0.390 e. The van der Waals surface area contributed by atoms with Crippen molar-refractivity contribution in [3.05, 3.63) is 35.9 Å². The summed E-state index contributed by atoms with van der Waals surface area (Å²) in [6, 6.07) is 10.6. The maximum absolute atomic E-state index is 10.2. The molecule has 0 aliphatic carbocycles. The number of benzene rings is 1. The molecule has 3 N–H and O–H groups in total. The Hall–Kier alpha value is -0.900. The molecule has 0 radical (unpaired) electrons. The highest BCUT2D eigenvalue weighted by molar-refractivity contribution is 5.14. The summed E-state index contributed by atoms with van der Waals surface area (Å²) in [6.45, 7) is 6.56. The Balaban J connectivity index is 2.00. The van der Waals surface area contributed by atoms with Crippen LogP contribution in [0.2, 0.25) is 0 Å². The van der Waals surface area contributed by atoms with E-state index in [1.54, 1.807) is 0 Å². The van der Waals surface area contributed by atoms with Gasteiger partial charge in [-0.05, 0) is 32.4 Å². The number of rotatable bonds is 3. The van der Waals surface area contributed by atoms with Crippen LogP contribution < -0.4 is 5.73 Å². The summed E-state index contributed by atoms with van der Waals surface area (Å²) < 4.78 is 0. The Kier molecular flexibility index (Phi) is 4.05. The highest BCUT2D eigenvalue weighted by atomic mass is 16.3. The van der Waals surface area contributed by atoms with Crippen molar-refractivity contribution in [1.82, 2.24) is 4.90 Å². The lowest BCUT2D eigenvalue weighted by molar-refractivity contribution is -0.0293. The largest absolute Gasteiger partial charge is 0.390 e. The summed E-state index contributed by atoms with van der Waals surface area (Å²) in [5, 5.41) is 10.2. The van der Waals surface area contributed by atoms with E-state index >= 15 is 0 Å². The average molecular weight is 248 g/mol. The van der Waals surface area contributed by atoms with E-state index < -0.39 is 5.60 Å². The van der Waals surface area contributed by atoms with Gasteiger partial charge in [-0.25, -0.2) is 0 Å². The molecule has 2 atom stereocenters. The lowest BCUT2D eigenvalue weighted by Crippen LogP contribution is -2.54. The van der Waals surface area contributed by atoms with Crippen LogP contribution in [0.3, 0.4) is 0 Å². The molecule has 1 saturated heterocycles. The van der Waals surface area contributed by atoms with Crippen molar-refractivity contribution in [2.24, 2.45) is 11.7 Å². The number of hydrogen-bond donors (Lipinski definition) is 2. The molecule has 3 nitrogen and oxygen atoms in total. The van der Waals surface area contributed by atoms with Gasteiger partial charge in [-0.3, -0.25) is 4.90 Å². The quantitative estimate of drug-likeness (QED) is 0.854. The molecule has 0 spiro atoms. The summed E-state index contributed by atoms with van der Waals surface area (Å²) in [4.78, 5) is 2.39. The van der Waals surface area contributed by atoms with Crippen molar-refractivity contribution in [2.75, 3.05) is 13.1 Å². The Morgan fingerprint density at radius 3 is 2.61 bits per heavy atom. The molecule has 100 valence electrons. The molecule has 2 unspecified atom stereocenters. The van der Waals surface area contributed by atoms with Gasteiger partial charge in [-0.2, -0.15) is 0 Å². The first kappa shape index (κ1) is 13.5. The monoisotopic (exact) mass is 248 g/mol. The maximum atomic E-state index is 10.2. The fourth-order valence-corrected chi connectivity index (χ4v) is 2.77. The first-order valence-corrected chi connectivity index (χ1v) is 6.71. The number of likely N-dealkylation sites (tertiary alicyclic amines) is 1. The fourth-order valence-electron chi connectivity index (χ4n) is 2.77. The zero-order chi connectivity index (χ0) is 13.2. The lowest BCUT2D eigenvalue weighted by Gasteiger charge is -2.42. The summed E-state index contributed by atoms with van der Waals surface area (Å²) in [5.41, 5.74) is 6.76. The van der Waals surface area contributed by atoms with Gasteiger partial charge in [-0.1, -0.05) is 30.3 Å². The molecule has 0 saturated carbocycles. The third-order valence-corrected chi connectivity index (χ3v) is 3.91. The smallest absolute Gasteiger partial charge is 0.0646 e. The second-order valence-corrected chi connectivity index (χ2v) is 5.93. The molecular weight excluding hydrogens is 224 g/mol. The summed E-state index contributed by atoms with van der Waals surface area (Å²) in [7, 11) is 0. The predicted octanol–water partition coefficient (Wildman–Crippen LogP) is 1.61. The highest BCUT2D eigenvalue weighted by Gasteiger charge is 2.36. The van der Waals surface area contributed by atoms with Crippen molar-refractivity contribution in [2.45, 2.75) is 38.5 Å². The zero-order valence-electron chi connectivity index (χ0n) is 11.3.